The lowest BCUT2D eigenvalue weighted by molar-refractivity contribution is 0.685. The number of pyridine rings is 1. The van der Waals surface area contributed by atoms with Gasteiger partial charge in [0.1, 0.15) is 6.07 Å². The highest BCUT2D eigenvalue weighted by molar-refractivity contribution is 5.57. The van der Waals surface area contributed by atoms with Crippen LogP contribution in [-0.2, 0) is 0 Å². The lowest BCUT2D eigenvalue weighted by atomic mass is 10.1. The molecule has 0 aliphatic rings. The second-order valence-electron chi connectivity index (χ2n) is 3.57. The Kier molecular flexibility index (Phi) is 4.29. The molecule has 0 bridgehead atoms. The van der Waals surface area contributed by atoms with Gasteiger partial charge in [-0.1, -0.05) is 0 Å². The van der Waals surface area contributed by atoms with E-state index in [2.05, 4.69) is 17.1 Å². The molecule has 1 rings (SSSR count). The van der Waals surface area contributed by atoms with Gasteiger partial charge in [-0.05, 0) is 19.9 Å². The van der Waals surface area contributed by atoms with Crippen LogP contribution in [0.1, 0.15) is 19.4 Å². The third kappa shape index (κ3) is 2.71. The molecular weight excluding hydrogens is 200 g/mol. The monoisotopic (exact) mass is 214 g/mol. The highest BCUT2D eigenvalue weighted by Gasteiger charge is 2.12. The van der Waals surface area contributed by atoms with Gasteiger partial charge >= 0.3 is 0 Å². The Hall–Kier alpha value is -2.07. The number of hydrogen-bond acceptors (Lipinski definition) is 4. The van der Waals surface area contributed by atoms with Gasteiger partial charge in [0.15, 0.2) is 0 Å². The van der Waals surface area contributed by atoms with Crippen molar-refractivity contribution in [2.75, 3.05) is 18.0 Å². The summed E-state index contributed by atoms with van der Waals surface area (Å²) in [5, 5.41) is 17.8. The number of nitriles is 2. The van der Waals surface area contributed by atoms with Gasteiger partial charge in [-0.15, -0.1) is 0 Å². The summed E-state index contributed by atoms with van der Waals surface area (Å²) in [6.45, 7) is 5.24. The fourth-order valence-electron chi connectivity index (χ4n) is 1.50. The fourth-order valence-corrected chi connectivity index (χ4v) is 1.50. The van der Waals surface area contributed by atoms with Crippen molar-refractivity contribution in [2.24, 2.45) is 5.92 Å². The van der Waals surface area contributed by atoms with Gasteiger partial charge in [0.05, 0.1) is 29.4 Å². The molecule has 16 heavy (non-hydrogen) atoms. The molecular formula is C12H14N4. The van der Waals surface area contributed by atoms with E-state index in [-0.39, 0.29) is 5.92 Å². The Morgan fingerprint density at radius 2 is 2.25 bits per heavy atom. The summed E-state index contributed by atoms with van der Waals surface area (Å²) in [6, 6.07) is 6.02. The minimum absolute atomic E-state index is 0.0632. The molecule has 0 radical (unpaired) electrons. The highest BCUT2D eigenvalue weighted by Crippen LogP contribution is 2.18. The van der Waals surface area contributed by atoms with Crippen molar-refractivity contribution < 1.29 is 0 Å². The van der Waals surface area contributed by atoms with Crippen molar-refractivity contribution in [1.29, 1.82) is 10.5 Å². The normalized spacial score (nSPS) is 11.2. The van der Waals surface area contributed by atoms with Gasteiger partial charge in [0.25, 0.3) is 0 Å². The third-order valence-electron chi connectivity index (χ3n) is 2.36. The first kappa shape index (κ1) is 12.0. The van der Waals surface area contributed by atoms with E-state index in [1.165, 1.54) is 0 Å². The maximum absolute atomic E-state index is 8.98. The Balaban J connectivity index is 2.96. The molecule has 0 aromatic carbocycles. The van der Waals surface area contributed by atoms with Gasteiger partial charge in [0.2, 0.25) is 0 Å². The fraction of sp³-hybridized carbons (Fsp3) is 0.417. The van der Waals surface area contributed by atoms with E-state index in [4.69, 9.17) is 10.5 Å². The maximum atomic E-state index is 8.98. The summed E-state index contributed by atoms with van der Waals surface area (Å²) >= 11 is 0. The van der Waals surface area contributed by atoms with Gasteiger partial charge < -0.3 is 4.90 Å². The minimum atomic E-state index is -0.0632. The van der Waals surface area contributed by atoms with Crippen LogP contribution >= 0.6 is 0 Å². The molecule has 0 saturated heterocycles. The van der Waals surface area contributed by atoms with Crippen LogP contribution in [0, 0.1) is 28.6 Å². The molecule has 1 atom stereocenters. The molecule has 1 aromatic rings. The number of aromatic nitrogens is 1. The number of hydrogen-bond donors (Lipinski definition) is 0. The first-order valence-electron chi connectivity index (χ1n) is 5.21. The molecule has 0 amide bonds. The molecule has 0 fully saturated rings. The molecule has 1 unspecified atom stereocenters. The lowest BCUT2D eigenvalue weighted by Gasteiger charge is -2.24. The summed E-state index contributed by atoms with van der Waals surface area (Å²) in [5.41, 5.74) is 1.40. The van der Waals surface area contributed by atoms with Crippen LogP contribution < -0.4 is 4.90 Å². The molecule has 0 spiro atoms. The number of rotatable bonds is 4. The highest BCUT2D eigenvalue weighted by atomic mass is 15.1. The average Bonchev–Trinajstić information content (AvgIpc) is 2.35. The zero-order valence-electron chi connectivity index (χ0n) is 9.51. The quantitative estimate of drug-likeness (QED) is 0.768. The van der Waals surface area contributed by atoms with Crippen LogP contribution in [0.2, 0.25) is 0 Å². The lowest BCUT2D eigenvalue weighted by Crippen LogP contribution is -2.28. The largest absolute Gasteiger partial charge is 0.368 e. The van der Waals surface area contributed by atoms with E-state index < -0.39 is 0 Å². The summed E-state index contributed by atoms with van der Waals surface area (Å²) < 4.78 is 0. The van der Waals surface area contributed by atoms with Crippen LogP contribution in [-0.4, -0.2) is 18.1 Å². The smallest absolute Gasteiger partial charge is 0.101 e. The van der Waals surface area contributed by atoms with E-state index in [1.807, 2.05) is 18.7 Å². The Morgan fingerprint density at radius 1 is 1.50 bits per heavy atom. The summed E-state index contributed by atoms with van der Waals surface area (Å²) in [6.07, 6.45) is 3.27. The van der Waals surface area contributed by atoms with E-state index in [9.17, 15) is 0 Å². The molecule has 4 nitrogen and oxygen atoms in total. The van der Waals surface area contributed by atoms with Crippen LogP contribution in [0.4, 0.5) is 5.69 Å². The second kappa shape index (κ2) is 5.72. The van der Waals surface area contributed by atoms with E-state index in [0.29, 0.717) is 12.1 Å². The molecule has 0 saturated carbocycles. The Labute approximate surface area is 95.8 Å². The van der Waals surface area contributed by atoms with Gasteiger partial charge in [-0.25, -0.2) is 0 Å². The van der Waals surface area contributed by atoms with Crippen LogP contribution in [0.5, 0.6) is 0 Å². The van der Waals surface area contributed by atoms with Crippen molar-refractivity contribution in [2.45, 2.75) is 13.8 Å². The molecule has 0 aliphatic carbocycles. The van der Waals surface area contributed by atoms with Crippen LogP contribution in [0.15, 0.2) is 18.5 Å². The Morgan fingerprint density at radius 3 is 2.81 bits per heavy atom. The summed E-state index contributed by atoms with van der Waals surface area (Å²) in [4.78, 5) is 6.02. The van der Waals surface area contributed by atoms with E-state index in [1.54, 1.807) is 18.5 Å². The predicted octanol–water partition coefficient (Wildman–Crippen LogP) is 1.94. The molecule has 1 aromatic heterocycles. The van der Waals surface area contributed by atoms with E-state index in [0.717, 1.165) is 12.2 Å². The number of nitrogens with zero attached hydrogens (tertiary/aromatic N) is 4. The zero-order valence-corrected chi connectivity index (χ0v) is 9.51. The standard InChI is InChI=1S/C12H14N4/c1-3-16(9-10(2)6-13)12-8-15-5-4-11(12)7-14/h4-5,8,10H,3,9H2,1-2H3. The SMILES string of the molecule is CCN(CC(C)C#N)c1cnccc1C#N. The predicted molar refractivity (Wildman–Crippen MR) is 61.6 cm³/mol. The van der Waals surface area contributed by atoms with Gasteiger partial charge in [0, 0.05) is 19.3 Å². The van der Waals surface area contributed by atoms with Gasteiger partial charge in [-0.2, -0.15) is 10.5 Å². The minimum Gasteiger partial charge on any atom is -0.368 e. The van der Waals surface area contributed by atoms with Crippen LogP contribution in [0.3, 0.4) is 0 Å². The van der Waals surface area contributed by atoms with Crippen molar-refractivity contribution in [1.82, 2.24) is 4.98 Å². The van der Waals surface area contributed by atoms with Gasteiger partial charge in [-0.3, -0.25) is 4.98 Å². The molecule has 82 valence electrons. The van der Waals surface area contributed by atoms with Crippen molar-refractivity contribution in [3.8, 4) is 12.1 Å². The molecule has 1 heterocycles. The first-order valence-corrected chi connectivity index (χ1v) is 5.21. The van der Waals surface area contributed by atoms with E-state index >= 15 is 0 Å². The first-order chi connectivity index (χ1) is 7.72. The molecule has 0 N–H and O–H groups in total. The topological polar surface area (TPSA) is 63.7 Å². The number of anilines is 1. The Bertz CT molecular complexity index is 427. The average molecular weight is 214 g/mol. The van der Waals surface area contributed by atoms with Crippen molar-refractivity contribution in [3.63, 3.8) is 0 Å². The summed E-state index contributed by atoms with van der Waals surface area (Å²) in [5.74, 6) is -0.0632. The zero-order chi connectivity index (χ0) is 12.0. The maximum Gasteiger partial charge on any atom is 0.101 e. The summed E-state index contributed by atoms with van der Waals surface area (Å²) in [7, 11) is 0. The molecule has 4 heteroatoms. The molecule has 0 aliphatic heterocycles. The van der Waals surface area contributed by atoms with Crippen LogP contribution in [0.25, 0.3) is 0 Å². The van der Waals surface area contributed by atoms with Crippen molar-refractivity contribution >= 4 is 5.69 Å². The van der Waals surface area contributed by atoms with Crippen molar-refractivity contribution in [3.05, 3.63) is 24.0 Å². The third-order valence-corrected chi connectivity index (χ3v) is 2.36. The second-order valence-corrected chi connectivity index (χ2v) is 3.57.